The number of nitrogens with zero attached hydrogens (tertiary/aromatic N) is 2. The summed E-state index contributed by atoms with van der Waals surface area (Å²) in [5, 5.41) is 5.60. The number of aromatic nitrogens is 1. The van der Waals surface area contributed by atoms with Gasteiger partial charge < -0.3 is 29.6 Å². The average Bonchev–Trinajstić information content (AvgIpc) is 3.02. The molecule has 0 saturated carbocycles. The summed E-state index contributed by atoms with van der Waals surface area (Å²) in [4.78, 5) is 41.5. The fraction of sp³-hybridized carbons (Fsp3) is 0.242. The number of piperidine rings is 1. The Hall–Kier alpha value is -5.12. The third-order valence-corrected chi connectivity index (χ3v) is 8.06. The fourth-order valence-corrected chi connectivity index (χ4v) is 6.04. The van der Waals surface area contributed by atoms with Crippen molar-refractivity contribution < 1.29 is 23.5 Å². The van der Waals surface area contributed by atoms with Crippen LogP contribution in [0.5, 0.6) is 11.5 Å². The Balaban J connectivity index is 1.35. The van der Waals surface area contributed by atoms with E-state index in [0.29, 0.717) is 42.4 Å². The Labute approximate surface area is 247 Å². The lowest BCUT2D eigenvalue weighted by atomic mass is 9.83. The zero-order chi connectivity index (χ0) is 30.1. The molecule has 6 rings (SSSR count). The standard InChI is InChI=1S/C33H31FN4O5/c1-42-24-13-22(14-25(16-24)43-2)33(41)36-28-15-21(32(40)35-27-7-4-3-6-26(27)34)10-11-30(28)37-17-20-12-23(19-37)29-8-5-9-31(39)38(29)18-20/h3-11,13-16,20,23H,12,17-19H2,1-2H3,(H,35,40)(H,36,41). The number of para-hydroxylation sites is 1. The number of pyridine rings is 1. The molecule has 2 unspecified atom stereocenters. The number of nitrogens with one attached hydrogen (secondary N) is 2. The van der Waals surface area contributed by atoms with Crippen LogP contribution in [-0.4, -0.2) is 43.7 Å². The van der Waals surface area contributed by atoms with Crippen molar-refractivity contribution in [3.05, 3.63) is 112 Å². The number of halogens is 1. The molecule has 0 spiro atoms. The molecule has 3 heterocycles. The van der Waals surface area contributed by atoms with E-state index >= 15 is 0 Å². The molecule has 1 fully saturated rings. The number of carbonyl (C=O) groups excluding carboxylic acids is 2. The minimum absolute atomic E-state index is 0.00698. The summed E-state index contributed by atoms with van der Waals surface area (Å²) in [5.41, 5.74) is 2.80. The molecule has 0 radical (unpaired) electrons. The largest absolute Gasteiger partial charge is 0.497 e. The minimum atomic E-state index is -0.549. The van der Waals surface area contributed by atoms with E-state index < -0.39 is 17.6 Å². The van der Waals surface area contributed by atoms with Crippen LogP contribution in [0.4, 0.5) is 21.5 Å². The van der Waals surface area contributed by atoms with Crippen LogP contribution in [0.15, 0.2) is 83.7 Å². The van der Waals surface area contributed by atoms with Gasteiger partial charge in [0.2, 0.25) is 0 Å². The van der Waals surface area contributed by atoms with Crippen LogP contribution >= 0.6 is 0 Å². The lowest BCUT2D eigenvalue weighted by molar-refractivity contribution is 0.101. The SMILES string of the molecule is COc1cc(OC)cc(C(=O)Nc2cc(C(=O)Nc3ccccc3F)ccc2N2CC3CC(C2)c2cccc(=O)n2C3)c1. The third kappa shape index (κ3) is 5.68. The number of carbonyl (C=O) groups is 2. The van der Waals surface area contributed by atoms with Gasteiger partial charge in [0.15, 0.2) is 0 Å². The molecule has 2 aliphatic rings. The predicted octanol–water partition coefficient (Wildman–Crippen LogP) is 5.13. The van der Waals surface area contributed by atoms with Crippen LogP contribution < -0.4 is 30.6 Å². The monoisotopic (exact) mass is 582 g/mol. The highest BCUT2D eigenvalue weighted by Crippen LogP contribution is 2.39. The minimum Gasteiger partial charge on any atom is -0.497 e. The molecule has 220 valence electrons. The molecule has 1 aromatic heterocycles. The quantitative estimate of drug-likeness (QED) is 0.313. The molecule has 43 heavy (non-hydrogen) atoms. The molecular formula is C33H31FN4O5. The van der Waals surface area contributed by atoms with Crippen LogP contribution in [-0.2, 0) is 6.54 Å². The van der Waals surface area contributed by atoms with E-state index in [9.17, 15) is 18.8 Å². The summed E-state index contributed by atoms with van der Waals surface area (Å²) in [6.45, 7) is 1.93. The number of anilines is 3. The van der Waals surface area contributed by atoms with Gasteiger partial charge in [0.1, 0.15) is 17.3 Å². The fourth-order valence-electron chi connectivity index (χ4n) is 6.04. The number of methoxy groups -OCH3 is 2. The lowest BCUT2D eigenvalue weighted by Gasteiger charge is -2.44. The van der Waals surface area contributed by atoms with E-state index in [4.69, 9.17) is 9.47 Å². The molecule has 2 atom stereocenters. The first-order chi connectivity index (χ1) is 20.8. The maximum absolute atomic E-state index is 14.3. The van der Waals surface area contributed by atoms with Crippen LogP contribution in [0.2, 0.25) is 0 Å². The van der Waals surface area contributed by atoms with Gasteiger partial charge in [0.05, 0.1) is 31.3 Å². The van der Waals surface area contributed by atoms with E-state index in [-0.39, 0.29) is 28.6 Å². The summed E-state index contributed by atoms with van der Waals surface area (Å²) in [6, 6.07) is 21.3. The molecule has 4 aromatic rings. The van der Waals surface area contributed by atoms with Gasteiger partial charge in [0.25, 0.3) is 17.4 Å². The zero-order valence-electron chi connectivity index (χ0n) is 23.8. The number of hydrogen-bond donors (Lipinski definition) is 2. The summed E-state index contributed by atoms with van der Waals surface area (Å²) in [7, 11) is 3.01. The normalized spacial score (nSPS) is 17.0. The highest BCUT2D eigenvalue weighted by Gasteiger charge is 2.35. The Morgan fingerprint density at radius 2 is 1.51 bits per heavy atom. The first-order valence-electron chi connectivity index (χ1n) is 14.0. The Morgan fingerprint density at radius 3 is 2.26 bits per heavy atom. The van der Waals surface area contributed by atoms with Gasteiger partial charge in [-0.05, 0) is 60.9 Å². The summed E-state index contributed by atoms with van der Waals surface area (Å²) >= 11 is 0. The summed E-state index contributed by atoms with van der Waals surface area (Å²) in [5.74, 6) is -0.190. The van der Waals surface area contributed by atoms with Crippen LogP contribution in [0.3, 0.4) is 0 Å². The molecule has 2 bridgehead atoms. The van der Waals surface area contributed by atoms with Gasteiger partial charge in [-0.15, -0.1) is 0 Å². The Bertz CT molecular complexity index is 1750. The van der Waals surface area contributed by atoms with Crippen molar-refractivity contribution >= 4 is 28.9 Å². The number of hydrogen-bond acceptors (Lipinski definition) is 6. The predicted molar refractivity (Wildman–Crippen MR) is 162 cm³/mol. The lowest BCUT2D eigenvalue weighted by Crippen LogP contribution is -2.47. The smallest absolute Gasteiger partial charge is 0.255 e. The summed E-state index contributed by atoms with van der Waals surface area (Å²) < 4.78 is 26.8. The van der Waals surface area contributed by atoms with Gasteiger partial charge in [0, 0.05) is 54.5 Å². The Kier molecular flexibility index (Phi) is 7.58. The van der Waals surface area contributed by atoms with E-state index in [0.717, 1.165) is 17.8 Å². The Morgan fingerprint density at radius 1 is 0.791 bits per heavy atom. The number of ether oxygens (including phenoxy) is 2. The van der Waals surface area contributed by atoms with Crippen molar-refractivity contribution in [1.29, 1.82) is 0 Å². The van der Waals surface area contributed by atoms with Crippen molar-refractivity contribution in [2.45, 2.75) is 18.9 Å². The highest BCUT2D eigenvalue weighted by molar-refractivity contribution is 6.09. The summed E-state index contributed by atoms with van der Waals surface area (Å²) in [6.07, 6.45) is 0.967. The molecule has 0 aliphatic carbocycles. The van der Waals surface area contributed by atoms with Gasteiger partial charge >= 0.3 is 0 Å². The third-order valence-electron chi connectivity index (χ3n) is 8.06. The van der Waals surface area contributed by atoms with Crippen molar-refractivity contribution in [3.8, 4) is 11.5 Å². The molecule has 3 aromatic carbocycles. The topological polar surface area (TPSA) is 102 Å². The first-order valence-corrected chi connectivity index (χ1v) is 14.0. The van der Waals surface area contributed by atoms with Crippen molar-refractivity contribution in [2.75, 3.05) is 42.8 Å². The van der Waals surface area contributed by atoms with Gasteiger partial charge in [-0.3, -0.25) is 14.4 Å². The van der Waals surface area contributed by atoms with Crippen molar-refractivity contribution in [3.63, 3.8) is 0 Å². The molecule has 10 heteroatoms. The maximum atomic E-state index is 14.3. The molecule has 2 N–H and O–H groups in total. The average molecular weight is 583 g/mol. The van der Waals surface area contributed by atoms with Crippen LogP contribution in [0.1, 0.15) is 38.7 Å². The second-order valence-electron chi connectivity index (χ2n) is 10.8. The van der Waals surface area contributed by atoms with Gasteiger partial charge in [-0.2, -0.15) is 0 Å². The van der Waals surface area contributed by atoms with Crippen molar-refractivity contribution in [1.82, 2.24) is 4.57 Å². The second kappa shape index (κ2) is 11.6. The zero-order valence-corrected chi connectivity index (χ0v) is 23.8. The van der Waals surface area contributed by atoms with E-state index in [1.807, 2.05) is 10.6 Å². The van der Waals surface area contributed by atoms with Gasteiger partial charge in [-0.25, -0.2) is 4.39 Å². The van der Waals surface area contributed by atoms with Crippen molar-refractivity contribution in [2.24, 2.45) is 5.92 Å². The number of rotatable bonds is 7. The second-order valence-corrected chi connectivity index (χ2v) is 10.8. The molecule has 2 amide bonds. The van der Waals surface area contributed by atoms with E-state index in [1.165, 1.54) is 26.4 Å². The molecule has 1 saturated heterocycles. The maximum Gasteiger partial charge on any atom is 0.255 e. The van der Waals surface area contributed by atoms with E-state index in [2.05, 4.69) is 15.5 Å². The van der Waals surface area contributed by atoms with E-state index in [1.54, 1.807) is 60.7 Å². The molecule has 9 nitrogen and oxygen atoms in total. The number of amides is 2. The first kappa shape index (κ1) is 28.0. The molecular weight excluding hydrogens is 551 g/mol. The van der Waals surface area contributed by atoms with Crippen LogP contribution in [0, 0.1) is 11.7 Å². The van der Waals surface area contributed by atoms with Gasteiger partial charge in [-0.1, -0.05) is 18.2 Å². The number of fused-ring (bicyclic) bond motifs is 4. The highest BCUT2D eigenvalue weighted by atomic mass is 19.1. The molecule has 2 aliphatic heterocycles. The number of benzene rings is 3. The van der Waals surface area contributed by atoms with Crippen LogP contribution in [0.25, 0.3) is 0 Å².